The largest absolute Gasteiger partial charge is 0.457 e. The summed E-state index contributed by atoms with van der Waals surface area (Å²) in [4.78, 5) is 4.52. The number of guanidine groups is 1. The molecule has 3 N–H and O–H groups in total. The molecule has 0 aliphatic heterocycles. The van der Waals surface area contributed by atoms with E-state index in [-0.39, 0.29) is 24.0 Å². The quantitative estimate of drug-likeness (QED) is 0.273. The van der Waals surface area contributed by atoms with E-state index in [4.69, 9.17) is 10.5 Å². The number of benzene rings is 2. The van der Waals surface area contributed by atoms with Crippen LogP contribution in [0, 0.1) is 0 Å². The van der Waals surface area contributed by atoms with E-state index in [2.05, 4.69) is 29.3 Å². The Kier molecular flexibility index (Phi) is 8.50. The number of nitrogens with one attached hydrogen (secondary N) is 1. The number of halogens is 1. The zero-order valence-corrected chi connectivity index (χ0v) is 19.4. The number of aryl methyl sites for hydroxylation is 2. The fraction of sp³-hybridized carbons (Fsp3) is 0.273. The minimum absolute atomic E-state index is 0. The Bertz CT molecular complexity index is 953. The van der Waals surface area contributed by atoms with E-state index in [1.165, 1.54) is 11.3 Å². The highest BCUT2D eigenvalue weighted by Crippen LogP contribution is 2.24. The first-order valence-electron chi connectivity index (χ1n) is 9.54. The van der Waals surface area contributed by atoms with Gasteiger partial charge in [-0.1, -0.05) is 38.1 Å². The summed E-state index contributed by atoms with van der Waals surface area (Å²) in [5.41, 5.74) is 10.4. The van der Waals surface area contributed by atoms with Gasteiger partial charge in [0, 0.05) is 30.1 Å². The van der Waals surface area contributed by atoms with Gasteiger partial charge in [-0.2, -0.15) is 5.10 Å². The molecule has 29 heavy (non-hydrogen) atoms. The fourth-order valence-corrected chi connectivity index (χ4v) is 3.19. The van der Waals surface area contributed by atoms with Gasteiger partial charge in [-0.05, 0) is 37.1 Å². The highest BCUT2D eigenvalue weighted by molar-refractivity contribution is 14.0. The zero-order chi connectivity index (χ0) is 19.9. The van der Waals surface area contributed by atoms with Gasteiger partial charge < -0.3 is 15.8 Å². The second-order valence-corrected chi connectivity index (χ2v) is 6.47. The summed E-state index contributed by atoms with van der Waals surface area (Å²) >= 11 is 0. The molecule has 0 fully saturated rings. The van der Waals surface area contributed by atoms with Crippen molar-refractivity contribution in [2.24, 2.45) is 17.8 Å². The minimum atomic E-state index is 0. The van der Waals surface area contributed by atoms with Gasteiger partial charge in [0.25, 0.3) is 0 Å². The molecule has 0 saturated heterocycles. The molecule has 1 aromatic heterocycles. The molecule has 0 spiro atoms. The molecule has 2 aromatic carbocycles. The maximum atomic E-state index is 6.12. The van der Waals surface area contributed by atoms with E-state index in [1.54, 1.807) is 0 Å². The lowest BCUT2D eigenvalue weighted by Gasteiger charge is -2.09. The Morgan fingerprint density at radius 3 is 2.48 bits per heavy atom. The van der Waals surface area contributed by atoms with Crippen molar-refractivity contribution in [3.63, 3.8) is 0 Å². The van der Waals surface area contributed by atoms with E-state index >= 15 is 0 Å². The van der Waals surface area contributed by atoms with Crippen LogP contribution in [0.2, 0.25) is 0 Å². The Hall–Kier alpha value is -2.55. The highest BCUT2D eigenvalue weighted by atomic mass is 127. The maximum absolute atomic E-state index is 6.12. The van der Waals surface area contributed by atoms with E-state index in [0.29, 0.717) is 12.5 Å². The lowest BCUT2D eigenvalue weighted by molar-refractivity contribution is 0.483. The number of hydrogen-bond donors (Lipinski definition) is 2. The molecule has 7 heteroatoms. The van der Waals surface area contributed by atoms with Crippen molar-refractivity contribution in [1.29, 1.82) is 0 Å². The first kappa shape index (κ1) is 22.7. The van der Waals surface area contributed by atoms with E-state index in [1.807, 2.05) is 66.3 Å². The average molecular weight is 505 g/mol. The Morgan fingerprint density at radius 2 is 1.79 bits per heavy atom. The molecule has 6 nitrogen and oxygen atoms in total. The molecule has 3 aromatic rings. The molecule has 0 saturated carbocycles. The minimum Gasteiger partial charge on any atom is -0.457 e. The molecule has 0 aliphatic carbocycles. The van der Waals surface area contributed by atoms with Gasteiger partial charge in [-0.15, -0.1) is 24.0 Å². The summed E-state index contributed by atoms with van der Waals surface area (Å²) in [7, 11) is 1.98. The average Bonchev–Trinajstić information content (AvgIpc) is 3.02. The number of nitrogens with two attached hydrogens (primary N) is 1. The van der Waals surface area contributed by atoms with Crippen LogP contribution in [0.15, 0.2) is 59.6 Å². The van der Waals surface area contributed by atoms with Crippen LogP contribution in [0.5, 0.6) is 11.5 Å². The van der Waals surface area contributed by atoms with E-state index < -0.39 is 0 Å². The summed E-state index contributed by atoms with van der Waals surface area (Å²) in [6.45, 7) is 4.75. The van der Waals surface area contributed by atoms with Crippen LogP contribution in [-0.2, 0) is 26.4 Å². The molecule has 3 rings (SSSR count). The Morgan fingerprint density at radius 1 is 1.07 bits per heavy atom. The second kappa shape index (κ2) is 10.8. The summed E-state index contributed by atoms with van der Waals surface area (Å²) in [6.07, 6.45) is 1.80. The molecule has 154 valence electrons. The first-order chi connectivity index (χ1) is 13.6. The predicted molar refractivity (Wildman–Crippen MR) is 129 cm³/mol. The van der Waals surface area contributed by atoms with Gasteiger partial charge in [0.15, 0.2) is 5.96 Å². The molecule has 0 bridgehead atoms. The van der Waals surface area contributed by atoms with Crippen molar-refractivity contribution in [1.82, 2.24) is 9.78 Å². The molecule has 0 unspecified atom stereocenters. The third kappa shape index (κ3) is 5.96. The molecular formula is C22H28IN5O. The Balaban J connectivity index is 0.00000300. The monoisotopic (exact) mass is 505 g/mol. The molecule has 0 atom stereocenters. The first-order valence-corrected chi connectivity index (χ1v) is 9.54. The number of aliphatic imine (C=N–C) groups is 1. The predicted octanol–water partition coefficient (Wildman–Crippen LogP) is 4.88. The summed E-state index contributed by atoms with van der Waals surface area (Å²) in [5.74, 6) is 1.89. The van der Waals surface area contributed by atoms with Crippen molar-refractivity contribution >= 4 is 35.6 Å². The topological polar surface area (TPSA) is 77.5 Å². The lowest BCUT2D eigenvalue weighted by Crippen LogP contribution is -2.22. The van der Waals surface area contributed by atoms with Crippen molar-refractivity contribution in [2.75, 3.05) is 5.32 Å². The lowest BCUT2D eigenvalue weighted by atomic mass is 10.1. The molecule has 1 heterocycles. The molecular weight excluding hydrogens is 477 g/mol. The number of para-hydroxylation sites is 1. The third-order valence-electron chi connectivity index (χ3n) is 4.52. The van der Waals surface area contributed by atoms with Gasteiger partial charge in [0.2, 0.25) is 0 Å². The number of aromatic nitrogens is 2. The van der Waals surface area contributed by atoms with Crippen molar-refractivity contribution in [3.05, 3.63) is 71.5 Å². The molecule has 0 aliphatic rings. The van der Waals surface area contributed by atoms with Crippen molar-refractivity contribution < 1.29 is 4.74 Å². The fourth-order valence-electron chi connectivity index (χ4n) is 3.19. The van der Waals surface area contributed by atoms with Gasteiger partial charge in [0.1, 0.15) is 11.5 Å². The maximum Gasteiger partial charge on any atom is 0.193 e. The van der Waals surface area contributed by atoms with Crippen LogP contribution in [0.3, 0.4) is 0 Å². The van der Waals surface area contributed by atoms with Crippen molar-refractivity contribution in [2.45, 2.75) is 33.2 Å². The van der Waals surface area contributed by atoms with Gasteiger partial charge >= 0.3 is 0 Å². The number of anilines is 1. The zero-order valence-electron chi connectivity index (χ0n) is 17.1. The van der Waals surface area contributed by atoms with Crippen LogP contribution in [0.4, 0.5) is 5.69 Å². The van der Waals surface area contributed by atoms with Crippen LogP contribution < -0.4 is 15.8 Å². The number of ether oxygens (including phenoxy) is 1. The number of rotatable bonds is 7. The standard InChI is InChI=1S/C22H27N5O.HI/c1-4-20-19(21(5-2)27(3)26-20)15-24-22(23)25-16-10-9-13-18(14-16)28-17-11-7-6-8-12-17;/h6-14H,4-5,15H2,1-3H3,(H3,23,24,25);1H. The molecule has 0 radical (unpaired) electrons. The van der Waals surface area contributed by atoms with E-state index in [9.17, 15) is 0 Å². The second-order valence-electron chi connectivity index (χ2n) is 6.47. The van der Waals surface area contributed by atoms with Gasteiger partial charge in [0.05, 0.1) is 12.2 Å². The normalized spacial score (nSPS) is 11.1. The van der Waals surface area contributed by atoms with Crippen molar-refractivity contribution in [3.8, 4) is 11.5 Å². The van der Waals surface area contributed by atoms with Gasteiger partial charge in [-0.25, -0.2) is 4.99 Å². The van der Waals surface area contributed by atoms with Crippen LogP contribution in [0.1, 0.15) is 30.8 Å². The summed E-state index contributed by atoms with van der Waals surface area (Å²) in [5, 5.41) is 7.72. The molecule has 0 amide bonds. The third-order valence-corrected chi connectivity index (χ3v) is 4.52. The SMILES string of the molecule is CCc1nn(C)c(CC)c1CN=C(N)Nc1cccc(Oc2ccccc2)c1.I. The van der Waals surface area contributed by atoms with Crippen LogP contribution in [0.25, 0.3) is 0 Å². The smallest absolute Gasteiger partial charge is 0.193 e. The summed E-state index contributed by atoms with van der Waals surface area (Å²) < 4.78 is 7.80. The van der Waals surface area contributed by atoms with Gasteiger partial charge in [-0.3, -0.25) is 4.68 Å². The van der Waals surface area contributed by atoms with E-state index in [0.717, 1.165) is 35.7 Å². The number of hydrogen-bond acceptors (Lipinski definition) is 3. The number of nitrogens with zero attached hydrogens (tertiary/aromatic N) is 3. The highest BCUT2D eigenvalue weighted by Gasteiger charge is 2.13. The Labute approximate surface area is 189 Å². The van der Waals surface area contributed by atoms with Crippen LogP contribution in [-0.4, -0.2) is 15.7 Å². The summed E-state index contributed by atoms with van der Waals surface area (Å²) in [6, 6.07) is 17.3. The van der Waals surface area contributed by atoms with Crippen LogP contribution >= 0.6 is 24.0 Å².